The molecule has 0 aromatic heterocycles. The zero-order valence-electron chi connectivity index (χ0n) is 27.4. The van der Waals surface area contributed by atoms with Crippen molar-refractivity contribution in [3.05, 3.63) is 35.4 Å². The lowest BCUT2D eigenvalue weighted by molar-refractivity contribution is -0.376. The minimum Gasteiger partial charge on any atom is -0.369 e. The number of unbranched alkanes of at least 4 members (excludes halogenated alkanes) is 7. The van der Waals surface area contributed by atoms with Crippen LogP contribution in [0.4, 0.5) is 26.3 Å². The zero-order chi connectivity index (χ0) is 34.0. The number of aliphatic hydroxyl groups is 1. The van der Waals surface area contributed by atoms with Crippen LogP contribution in [0.2, 0.25) is 0 Å². The van der Waals surface area contributed by atoms with Crippen LogP contribution in [0.3, 0.4) is 0 Å². The second-order valence-corrected chi connectivity index (χ2v) is 16.5. The van der Waals surface area contributed by atoms with E-state index in [0.717, 1.165) is 95.3 Å². The summed E-state index contributed by atoms with van der Waals surface area (Å²) >= 11 is 0. The highest BCUT2D eigenvalue weighted by molar-refractivity contribution is 7.87. The van der Waals surface area contributed by atoms with Gasteiger partial charge in [0.05, 0.1) is 10.9 Å². The number of rotatable bonds is 17. The van der Waals surface area contributed by atoms with E-state index in [0.29, 0.717) is 42.4 Å². The van der Waals surface area contributed by atoms with Crippen LogP contribution < -0.4 is 0 Å². The molecule has 1 N–H and O–H groups in total. The van der Waals surface area contributed by atoms with Crippen LogP contribution in [0.15, 0.2) is 24.3 Å². The summed E-state index contributed by atoms with van der Waals surface area (Å²) in [7, 11) is -3.63. The molecule has 4 aliphatic rings. The van der Waals surface area contributed by atoms with Gasteiger partial charge in [0, 0.05) is 5.56 Å². The number of hydrogen-bond acceptors (Lipinski definition) is 4. The zero-order valence-corrected chi connectivity index (χ0v) is 28.3. The third kappa shape index (κ3) is 8.10. The van der Waals surface area contributed by atoms with Crippen molar-refractivity contribution in [2.75, 3.05) is 0 Å². The van der Waals surface area contributed by atoms with Crippen LogP contribution in [0, 0.1) is 23.7 Å². The summed E-state index contributed by atoms with van der Waals surface area (Å²) < 4.78 is 112. The lowest BCUT2D eigenvalue weighted by atomic mass is 9.50. The molecule has 5 rings (SSSR count). The Morgan fingerprint density at radius 3 is 1.65 bits per heavy atom. The molecular weight excluding hydrogens is 630 g/mol. The van der Waals surface area contributed by atoms with Gasteiger partial charge in [0.2, 0.25) is 0 Å². The van der Waals surface area contributed by atoms with Gasteiger partial charge in [-0.1, -0.05) is 89.5 Å². The fourth-order valence-electron chi connectivity index (χ4n) is 8.72. The third-order valence-corrected chi connectivity index (χ3v) is 13.5. The van der Waals surface area contributed by atoms with E-state index in [9.17, 15) is 39.9 Å². The van der Waals surface area contributed by atoms with Crippen molar-refractivity contribution in [3.8, 4) is 0 Å². The first kappa shape index (κ1) is 37.5. The number of benzene rings is 1. The number of hydrogen-bond donors (Lipinski definition) is 1. The normalized spacial score (nSPS) is 28.0. The molecule has 0 spiro atoms. The Bertz CT molecular complexity index is 1180. The van der Waals surface area contributed by atoms with E-state index in [1.807, 2.05) is 13.8 Å². The van der Waals surface area contributed by atoms with Crippen molar-refractivity contribution in [1.82, 2.24) is 0 Å². The van der Waals surface area contributed by atoms with E-state index in [1.165, 1.54) is 18.6 Å². The van der Waals surface area contributed by atoms with E-state index in [-0.39, 0.29) is 5.92 Å². The molecule has 0 heterocycles. The summed E-state index contributed by atoms with van der Waals surface area (Å²) in [4.78, 5) is 0. The molecule has 1 aromatic carbocycles. The molecule has 11 heteroatoms. The van der Waals surface area contributed by atoms with Crippen molar-refractivity contribution in [3.63, 3.8) is 0 Å². The molecule has 264 valence electrons. The Kier molecular flexibility index (Phi) is 11.9. The first-order valence-corrected chi connectivity index (χ1v) is 18.8. The highest BCUT2D eigenvalue weighted by Gasteiger charge is 2.71. The minimum absolute atomic E-state index is 0.0448. The quantitative estimate of drug-likeness (QED) is 0.101. The van der Waals surface area contributed by atoms with Gasteiger partial charge in [-0.15, -0.1) is 0 Å². The van der Waals surface area contributed by atoms with Gasteiger partial charge >= 0.3 is 12.4 Å². The second kappa shape index (κ2) is 14.7. The third-order valence-electron chi connectivity index (χ3n) is 11.5. The molecule has 0 aliphatic heterocycles. The van der Waals surface area contributed by atoms with Gasteiger partial charge < -0.3 is 5.11 Å². The van der Waals surface area contributed by atoms with Gasteiger partial charge in [0.25, 0.3) is 15.7 Å². The summed E-state index contributed by atoms with van der Waals surface area (Å²) in [5, 5.41) is 9.10. The topological polar surface area (TPSA) is 63.6 Å². The van der Waals surface area contributed by atoms with E-state index < -0.39 is 44.5 Å². The van der Waals surface area contributed by atoms with Crippen molar-refractivity contribution in [2.45, 2.75) is 158 Å². The van der Waals surface area contributed by atoms with E-state index in [4.69, 9.17) is 4.18 Å². The Morgan fingerprint density at radius 2 is 1.22 bits per heavy atom. The van der Waals surface area contributed by atoms with Gasteiger partial charge in [0.15, 0.2) is 0 Å². The van der Waals surface area contributed by atoms with Crippen molar-refractivity contribution in [1.29, 1.82) is 0 Å². The monoisotopic (exact) mass is 682 g/mol. The van der Waals surface area contributed by atoms with Gasteiger partial charge in [-0.2, -0.15) is 34.8 Å². The van der Waals surface area contributed by atoms with Crippen LogP contribution in [0.1, 0.15) is 141 Å². The lowest BCUT2D eigenvalue weighted by Crippen LogP contribution is -2.58. The molecule has 2 atom stereocenters. The van der Waals surface area contributed by atoms with Crippen molar-refractivity contribution in [2.24, 2.45) is 23.7 Å². The SMILES string of the molecule is CCC(CCCCCCCCCCC(C)c1ccc(C(O)(C(F)(F)F)C(F)(F)F)cc1)S(=O)(=O)OC1(C)C2CC3CC(C2)CC1C3. The van der Waals surface area contributed by atoms with E-state index >= 15 is 0 Å². The first-order valence-electron chi connectivity index (χ1n) is 17.3. The van der Waals surface area contributed by atoms with Crippen LogP contribution in [-0.4, -0.2) is 36.7 Å². The van der Waals surface area contributed by atoms with Gasteiger partial charge in [-0.3, -0.25) is 4.18 Å². The Balaban J connectivity index is 1.10. The van der Waals surface area contributed by atoms with Crippen molar-refractivity contribution >= 4 is 10.1 Å². The fraction of sp³-hybridized carbons (Fsp3) is 0.829. The van der Waals surface area contributed by atoms with Crippen LogP contribution in [-0.2, 0) is 19.9 Å². The Hall–Kier alpha value is -1.33. The summed E-state index contributed by atoms with van der Waals surface area (Å²) in [6, 6.07) is 3.88. The molecule has 1 aromatic rings. The Labute approximate surface area is 271 Å². The first-order chi connectivity index (χ1) is 21.4. The van der Waals surface area contributed by atoms with Crippen LogP contribution in [0.5, 0.6) is 0 Å². The maximum atomic E-state index is 13.4. The van der Waals surface area contributed by atoms with Gasteiger partial charge in [-0.25, -0.2) is 0 Å². The second-order valence-electron chi connectivity index (χ2n) is 14.7. The molecule has 0 saturated heterocycles. The highest BCUT2D eigenvalue weighted by Crippen LogP contribution is 2.60. The van der Waals surface area contributed by atoms with Crippen molar-refractivity contribution < 1.29 is 44.0 Å². The van der Waals surface area contributed by atoms with Crippen LogP contribution >= 0.6 is 0 Å². The van der Waals surface area contributed by atoms with Gasteiger partial charge in [-0.05, 0) is 93.4 Å². The summed E-state index contributed by atoms with van der Waals surface area (Å²) in [6.45, 7) is 5.88. The van der Waals surface area contributed by atoms with E-state index in [2.05, 4.69) is 6.92 Å². The maximum Gasteiger partial charge on any atom is 0.430 e. The molecule has 2 unspecified atom stereocenters. The lowest BCUT2D eigenvalue weighted by Gasteiger charge is -2.59. The summed E-state index contributed by atoms with van der Waals surface area (Å²) in [5.74, 6) is 2.19. The highest BCUT2D eigenvalue weighted by atomic mass is 32.2. The van der Waals surface area contributed by atoms with E-state index in [1.54, 1.807) is 0 Å². The molecule has 4 nitrogen and oxygen atoms in total. The summed E-state index contributed by atoms with van der Waals surface area (Å²) in [5.41, 5.74) is -6.06. The average Bonchev–Trinajstić information content (AvgIpc) is 2.96. The standard InChI is InChI=1S/C35H52F6O4S/c1-4-31(46(43,44)45-32(3)29-20-25-19-26(22-29)23-30(32)21-25)14-12-10-8-6-5-7-9-11-13-24(2)27-15-17-28(18-16-27)33(42,34(36,37)38)35(39,40)41/h15-18,24-26,29-31,42H,4-14,19-23H2,1-3H3. The molecule has 0 radical (unpaired) electrons. The van der Waals surface area contributed by atoms with Crippen LogP contribution in [0.25, 0.3) is 0 Å². The molecule has 46 heavy (non-hydrogen) atoms. The number of halogens is 6. The van der Waals surface area contributed by atoms with Gasteiger partial charge in [0.1, 0.15) is 0 Å². The Morgan fingerprint density at radius 1 is 0.783 bits per heavy atom. The molecule has 4 aliphatic carbocycles. The molecule has 4 bridgehead atoms. The predicted molar refractivity (Wildman–Crippen MR) is 167 cm³/mol. The number of alkyl halides is 6. The molecule has 0 amide bonds. The minimum atomic E-state index is -5.89. The largest absolute Gasteiger partial charge is 0.430 e. The maximum absolute atomic E-state index is 13.4. The average molecular weight is 683 g/mol. The predicted octanol–water partition coefficient (Wildman–Crippen LogP) is 10.3. The molecule has 4 saturated carbocycles. The molecular formula is C35H52F6O4S. The summed E-state index contributed by atoms with van der Waals surface area (Å²) in [6.07, 6.45) is 3.76. The fourth-order valence-corrected chi connectivity index (χ4v) is 10.5. The molecule has 4 fully saturated rings. The smallest absolute Gasteiger partial charge is 0.369 e.